The molecule has 1 aromatic rings. The maximum Gasteiger partial charge on any atom is 0.411 e. The van der Waals surface area contributed by atoms with E-state index in [0.717, 1.165) is 41.8 Å². The van der Waals surface area contributed by atoms with Gasteiger partial charge in [0.15, 0.2) is 0 Å². The van der Waals surface area contributed by atoms with Crippen LogP contribution in [-0.4, -0.2) is 33.5 Å². The molecular formula is C22H32BrNO4. The molecule has 0 saturated heterocycles. The average molecular weight is 454 g/mol. The largest absolute Gasteiger partial charge is 0.495 e. The first-order valence-electron chi connectivity index (χ1n) is 10.1. The van der Waals surface area contributed by atoms with E-state index in [4.69, 9.17) is 14.2 Å². The number of amides is 1. The maximum absolute atomic E-state index is 12.2. The first-order valence-corrected chi connectivity index (χ1v) is 10.9. The summed E-state index contributed by atoms with van der Waals surface area (Å²) in [6.45, 7) is 7.68. The highest BCUT2D eigenvalue weighted by molar-refractivity contribution is 9.10. The molecule has 2 aliphatic rings. The summed E-state index contributed by atoms with van der Waals surface area (Å²) in [5.74, 6) is 1.27. The van der Waals surface area contributed by atoms with Gasteiger partial charge in [-0.15, -0.1) is 0 Å². The highest BCUT2D eigenvalue weighted by Crippen LogP contribution is 2.59. The number of ether oxygens (including phenoxy) is 3. The molecule has 0 aliphatic heterocycles. The first-order chi connectivity index (χ1) is 13.3. The fourth-order valence-electron chi connectivity index (χ4n) is 5.75. The van der Waals surface area contributed by atoms with Crippen molar-refractivity contribution in [2.24, 2.45) is 11.3 Å². The Kier molecular flexibility index (Phi) is 6.30. The number of fused-ring (bicyclic) bond motifs is 3. The van der Waals surface area contributed by atoms with Gasteiger partial charge in [0.1, 0.15) is 5.75 Å². The summed E-state index contributed by atoms with van der Waals surface area (Å²) in [7, 11) is 3.47. The number of methoxy groups -OCH3 is 2. The van der Waals surface area contributed by atoms with Crippen LogP contribution in [0.15, 0.2) is 10.5 Å². The molecule has 0 radical (unpaired) electrons. The van der Waals surface area contributed by atoms with Crippen molar-refractivity contribution in [3.63, 3.8) is 0 Å². The van der Waals surface area contributed by atoms with Crippen LogP contribution < -0.4 is 10.1 Å². The Morgan fingerprint density at radius 1 is 1.32 bits per heavy atom. The van der Waals surface area contributed by atoms with Crippen LogP contribution in [0.4, 0.5) is 10.5 Å². The van der Waals surface area contributed by atoms with E-state index in [-0.39, 0.29) is 10.8 Å². The van der Waals surface area contributed by atoms with Crippen molar-refractivity contribution >= 4 is 27.7 Å². The van der Waals surface area contributed by atoms with Crippen molar-refractivity contribution in [2.75, 3.05) is 32.8 Å². The number of hydrogen-bond acceptors (Lipinski definition) is 4. The van der Waals surface area contributed by atoms with Gasteiger partial charge in [-0.1, -0.05) is 20.3 Å². The smallest absolute Gasteiger partial charge is 0.411 e. The number of nitrogens with one attached hydrogen (secondary N) is 1. The van der Waals surface area contributed by atoms with Gasteiger partial charge in [0, 0.05) is 7.11 Å². The molecule has 1 amide bonds. The fourth-order valence-corrected chi connectivity index (χ4v) is 6.36. The highest BCUT2D eigenvalue weighted by atomic mass is 79.9. The molecule has 156 valence electrons. The van der Waals surface area contributed by atoms with Crippen LogP contribution in [0.2, 0.25) is 0 Å². The lowest BCUT2D eigenvalue weighted by atomic mass is 9.50. The van der Waals surface area contributed by atoms with Gasteiger partial charge in [0.2, 0.25) is 0 Å². The van der Waals surface area contributed by atoms with Crippen molar-refractivity contribution in [1.82, 2.24) is 0 Å². The molecule has 1 fully saturated rings. The summed E-state index contributed by atoms with van der Waals surface area (Å²) >= 11 is 3.64. The standard InChI is InChI=1S/C22H32BrNO4/c1-6-28-20(25)24-19-14-8-9-17-21(2,13-26-4)10-7-11-22(17,3)15(14)12-16(27-5)18(19)23/h12,17H,6-11,13H2,1-5H3,(H,24,25)/t17?,21-,22-/m1/s1. The zero-order valence-corrected chi connectivity index (χ0v) is 19.2. The van der Waals surface area contributed by atoms with Crippen LogP contribution in [-0.2, 0) is 21.3 Å². The Labute approximate surface area is 176 Å². The van der Waals surface area contributed by atoms with E-state index in [2.05, 4.69) is 41.2 Å². The highest BCUT2D eigenvalue weighted by Gasteiger charge is 2.52. The summed E-state index contributed by atoms with van der Waals surface area (Å²) < 4.78 is 17.2. The van der Waals surface area contributed by atoms with E-state index in [0.29, 0.717) is 12.5 Å². The van der Waals surface area contributed by atoms with E-state index in [1.165, 1.54) is 24.0 Å². The third-order valence-corrected chi connectivity index (χ3v) is 7.67. The van der Waals surface area contributed by atoms with Crippen LogP contribution in [0, 0.1) is 11.3 Å². The average Bonchev–Trinajstić information content (AvgIpc) is 2.64. The summed E-state index contributed by atoms with van der Waals surface area (Å²) in [5.41, 5.74) is 3.46. The lowest BCUT2D eigenvalue weighted by Gasteiger charge is -2.55. The van der Waals surface area contributed by atoms with Gasteiger partial charge in [-0.05, 0) is 82.5 Å². The predicted molar refractivity (Wildman–Crippen MR) is 114 cm³/mol. The van der Waals surface area contributed by atoms with E-state index < -0.39 is 6.09 Å². The van der Waals surface area contributed by atoms with Crippen molar-refractivity contribution in [3.05, 3.63) is 21.7 Å². The second-order valence-corrected chi connectivity index (χ2v) is 9.38. The van der Waals surface area contributed by atoms with E-state index >= 15 is 0 Å². The molecule has 1 saturated carbocycles. The Bertz CT molecular complexity index is 749. The molecule has 28 heavy (non-hydrogen) atoms. The van der Waals surface area contributed by atoms with Gasteiger partial charge in [-0.3, -0.25) is 5.32 Å². The Morgan fingerprint density at radius 2 is 2.07 bits per heavy atom. The van der Waals surface area contributed by atoms with Gasteiger partial charge >= 0.3 is 6.09 Å². The molecule has 1 aromatic carbocycles. The normalized spacial score (nSPS) is 28.9. The molecule has 0 aromatic heterocycles. The van der Waals surface area contributed by atoms with E-state index in [9.17, 15) is 4.79 Å². The second-order valence-electron chi connectivity index (χ2n) is 8.59. The fraction of sp³-hybridized carbons (Fsp3) is 0.682. The minimum Gasteiger partial charge on any atom is -0.495 e. The van der Waals surface area contributed by atoms with Crippen molar-refractivity contribution in [1.29, 1.82) is 0 Å². The number of carbonyl (C=O) groups excluding carboxylic acids is 1. The third-order valence-electron chi connectivity index (χ3n) is 6.89. The van der Waals surface area contributed by atoms with Crippen molar-refractivity contribution in [2.45, 2.75) is 58.3 Å². The number of rotatable bonds is 5. The van der Waals surface area contributed by atoms with Crippen LogP contribution in [0.3, 0.4) is 0 Å². The summed E-state index contributed by atoms with van der Waals surface area (Å²) in [6, 6.07) is 2.17. The number of benzene rings is 1. The topological polar surface area (TPSA) is 56.8 Å². The van der Waals surface area contributed by atoms with Gasteiger partial charge in [-0.25, -0.2) is 4.79 Å². The molecule has 0 heterocycles. The number of carbonyl (C=O) groups is 1. The molecule has 2 aliphatic carbocycles. The Hall–Kier alpha value is -1.27. The molecule has 0 bridgehead atoms. The number of anilines is 1. The van der Waals surface area contributed by atoms with Gasteiger partial charge in [-0.2, -0.15) is 0 Å². The lowest BCUT2D eigenvalue weighted by Crippen LogP contribution is -2.51. The maximum atomic E-state index is 12.2. The first kappa shape index (κ1) is 21.4. The molecule has 3 rings (SSSR count). The molecular weight excluding hydrogens is 422 g/mol. The third kappa shape index (κ3) is 3.54. The van der Waals surface area contributed by atoms with Crippen LogP contribution >= 0.6 is 15.9 Å². The minimum atomic E-state index is -0.432. The van der Waals surface area contributed by atoms with E-state index in [1.54, 1.807) is 21.1 Å². The molecule has 6 heteroatoms. The Morgan fingerprint density at radius 3 is 2.71 bits per heavy atom. The zero-order chi connectivity index (χ0) is 20.5. The lowest BCUT2D eigenvalue weighted by molar-refractivity contribution is -0.0324. The van der Waals surface area contributed by atoms with Crippen molar-refractivity contribution in [3.8, 4) is 5.75 Å². The molecule has 5 nitrogen and oxygen atoms in total. The number of hydrogen-bond donors (Lipinski definition) is 1. The summed E-state index contributed by atoms with van der Waals surface area (Å²) in [5, 5.41) is 2.96. The second kappa shape index (κ2) is 8.23. The summed E-state index contributed by atoms with van der Waals surface area (Å²) in [6.07, 6.45) is 5.06. The predicted octanol–water partition coefficient (Wildman–Crippen LogP) is 5.68. The van der Waals surface area contributed by atoms with Crippen LogP contribution in [0.1, 0.15) is 57.6 Å². The monoisotopic (exact) mass is 453 g/mol. The van der Waals surface area contributed by atoms with Crippen molar-refractivity contribution < 1.29 is 19.0 Å². The quantitative estimate of drug-likeness (QED) is 0.622. The van der Waals surface area contributed by atoms with E-state index in [1.807, 2.05) is 0 Å². The molecule has 3 atom stereocenters. The van der Waals surface area contributed by atoms with Gasteiger partial charge < -0.3 is 14.2 Å². The molecule has 1 N–H and O–H groups in total. The summed E-state index contributed by atoms with van der Waals surface area (Å²) in [4.78, 5) is 12.2. The van der Waals surface area contributed by atoms with Gasteiger partial charge in [0.25, 0.3) is 0 Å². The Balaban J connectivity index is 2.12. The molecule has 0 spiro atoms. The zero-order valence-electron chi connectivity index (χ0n) is 17.6. The SMILES string of the molecule is CCOC(=O)Nc1c(Br)c(OC)cc2c1CCC1[C@@](C)(COC)CCC[C@]21C. The van der Waals surface area contributed by atoms with Crippen LogP contribution in [0.5, 0.6) is 5.75 Å². The molecule has 1 unspecified atom stereocenters. The van der Waals surface area contributed by atoms with Crippen LogP contribution in [0.25, 0.3) is 0 Å². The minimum absolute atomic E-state index is 0.0260. The number of halogens is 1. The van der Waals surface area contributed by atoms with Gasteiger partial charge in [0.05, 0.1) is 30.5 Å².